The quantitative estimate of drug-likeness (QED) is 0.362. The molecule has 142 valence electrons. The molecule has 0 amide bonds. The van der Waals surface area contributed by atoms with Gasteiger partial charge in [-0.3, -0.25) is 4.55 Å². The molecule has 1 N–H and O–H groups in total. The van der Waals surface area contributed by atoms with E-state index in [2.05, 4.69) is 6.92 Å². The Morgan fingerprint density at radius 1 is 0.963 bits per heavy atom. The van der Waals surface area contributed by atoms with Crippen molar-refractivity contribution in [1.82, 2.24) is 0 Å². The minimum absolute atomic E-state index is 0. The average molecular weight is 417 g/mol. The van der Waals surface area contributed by atoms with Crippen molar-refractivity contribution in [2.24, 2.45) is 0 Å². The first-order chi connectivity index (χ1) is 12.4. The zero-order valence-corrected chi connectivity index (χ0v) is 19.9. The van der Waals surface area contributed by atoms with Gasteiger partial charge < -0.3 is 9.84 Å². The molecule has 0 radical (unpaired) electrons. The van der Waals surface area contributed by atoms with E-state index in [1.807, 2.05) is 0 Å². The Morgan fingerprint density at radius 3 is 2.22 bits per heavy atom. The molecule has 0 bridgehead atoms. The standard InChI is InChI=1S/C20H26O5S.K/c1-2-3-4-5-6-8-11-16-14-15-18(26(22,23)24)20(19(16)21)25-17-12-9-7-10-13-17;/h7,9-10,12-15,21H,2-6,8,11H2,1H3,(H,22,23,24);/q;+1/p-1. The first-order valence-corrected chi connectivity index (χ1v) is 10.4. The molecule has 0 aliphatic rings. The van der Waals surface area contributed by atoms with Crippen LogP contribution in [0.4, 0.5) is 0 Å². The molecule has 0 atom stereocenters. The number of hydrogen-bond acceptors (Lipinski definition) is 4. The third-order valence-electron chi connectivity index (χ3n) is 4.20. The SMILES string of the molecule is CCCCCCCCc1ccc(S(=O)(=O)O)c(Oc2ccccc2)c1[O-].[K+]. The van der Waals surface area contributed by atoms with Crippen LogP contribution in [0.5, 0.6) is 17.2 Å². The van der Waals surface area contributed by atoms with Crippen molar-refractivity contribution in [2.45, 2.75) is 56.8 Å². The van der Waals surface area contributed by atoms with Gasteiger partial charge >= 0.3 is 51.4 Å². The summed E-state index contributed by atoms with van der Waals surface area (Å²) in [5.74, 6) is -0.495. The van der Waals surface area contributed by atoms with Crippen LogP contribution in [-0.2, 0) is 16.5 Å². The van der Waals surface area contributed by atoms with Crippen LogP contribution in [0, 0.1) is 0 Å². The van der Waals surface area contributed by atoms with Crippen LogP contribution < -0.4 is 61.2 Å². The van der Waals surface area contributed by atoms with Gasteiger partial charge in [0.2, 0.25) is 0 Å². The van der Waals surface area contributed by atoms with Crippen LogP contribution in [0.2, 0.25) is 0 Å². The summed E-state index contributed by atoms with van der Waals surface area (Å²) < 4.78 is 38.1. The molecule has 7 heteroatoms. The zero-order chi connectivity index (χ0) is 19.0. The number of unbranched alkanes of at least 4 members (excludes halogenated alkanes) is 5. The molecule has 0 unspecified atom stereocenters. The van der Waals surface area contributed by atoms with Crippen molar-refractivity contribution in [3.8, 4) is 17.2 Å². The number of hydrogen-bond donors (Lipinski definition) is 1. The van der Waals surface area contributed by atoms with Crippen LogP contribution in [0.1, 0.15) is 51.0 Å². The predicted octanol–water partition coefficient (Wildman–Crippen LogP) is 1.71. The number of benzene rings is 2. The van der Waals surface area contributed by atoms with E-state index in [-0.39, 0.29) is 57.1 Å². The molecule has 0 aliphatic carbocycles. The Bertz CT molecular complexity index is 807. The van der Waals surface area contributed by atoms with Gasteiger partial charge in [-0.15, -0.1) is 0 Å². The third-order valence-corrected chi connectivity index (χ3v) is 5.08. The molecule has 2 aromatic carbocycles. The van der Waals surface area contributed by atoms with Gasteiger partial charge in [0.05, 0.1) is 0 Å². The van der Waals surface area contributed by atoms with Crippen LogP contribution >= 0.6 is 0 Å². The van der Waals surface area contributed by atoms with Crippen LogP contribution in [0.15, 0.2) is 47.4 Å². The summed E-state index contributed by atoms with van der Waals surface area (Å²) in [4.78, 5) is -0.502. The minimum Gasteiger partial charge on any atom is -0.870 e. The van der Waals surface area contributed by atoms with Crippen LogP contribution in [0.25, 0.3) is 0 Å². The second-order valence-electron chi connectivity index (χ2n) is 6.29. The Balaban J connectivity index is 0.00000364. The van der Waals surface area contributed by atoms with E-state index in [9.17, 15) is 18.1 Å². The van der Waals surface area contributed by atoms with E-state index >= 15 is 0 Å². The first-order valence-electron chi connectivity index (χ1n) is 8.96. The Labute approximate surface area is 204 Å². The van der Waals surface area contributed by atoms with Crippen molar-refractivity contribution in [3.63, 3.8) is 0 Å². The molecular weight excluding hydrogens is 391 g/mol. The number of rotatable bonds is 10. The summed E-state index contributed by atoms with van der Waals surface area (Å²) in [6, 6.07) is 11.2. The largest absolute Gasteiger partial charge is 1.00 e. The Kier molecular flexibility index (Phi) is 11.1. The molecule has 27 heavy (non-hydrogen) atoms. The molecule has 2 rings (SSSR count). The van der Waals surface area contributed by atoms with E-state index in [0.29, 0.717) is 17.7 Å². The Morgan fingerprint density at radius 2 is 1.59 bits per heavy atom. The molecule has 0 fully saturated rings. The molecule has 0 aromatic heterocycles. The summed E-state index contributed by atoms with van der Waals surface area (Å²) >= 11 is 0. The van der Waals surface area contributed by atoms with Crippen LogP contribution in [0.3, 0.4) is 0 Å². The molecule has 0 spiro atoms. The van der Waals surface area contributed by atoms with Gasteiger partial charge in [0, 0.05) is 0 Å². The monoisotopic (exact) mass is 416 g/mol. The molecule has 0 aliphatic heterocycles. The van der Waals surface area contributed by atoms with Gasteiger partial charge in [-0.05, 0) is 31.0 Å². The zero-order valence-electron chi connectivity index (χ0n) is 16.0. The van der Waals surface area contributed by atoms with Crippen molar-refractivity contribution >= 4 is 10.1 Å². The predicted molar refractivity (Wildman–Crippen MR) is 99.3 cm³/mol. The fourth-order valence-electron chi connectivity index (χ4n) is 2.78. The van der Waals surface area contributed by atoms with Crippen molar-refractivity contribution < 1.29 is 74.2 Å². The minimum atomic E-state index is -4.55. The number of para-hydroxylation sites is 1. The van der Waals surface area contributed by atoms with Gasteiger partial charge in [0.25, 0.3) is 10.1 Å². The molecule has 0 saturated heterocycles. The van der Waals surface area contributed by atoms with Gasteiger partial charge in [-0.25, -0.2) is 0 Å². The molecule has 5 nitrogen and oxygen atoms in total. The van der Waals surface area contributed by atoms with E-state index < -0.39 is 20.8 Å². The fourth-order valence-corrected chi connectivity index (χ4v) is 3.39. The summed E-state index contributed by atoms with van der Waals surface area (Å²) in [6.45, 7) is 2.16. The average Bonchev–Trinajstić information content (AvgIpc) is 2.60. The molecule has 0 heterocycles. The fraction of sp³-hybridized carbons (Fsp3) is 0.400. The van der Waals surface area contributed by atoms with E-state index in [0.717, 1.165) is 19.3 Å². The van der Waals surface area contributed by atoms with Gasteiger partial charge in [0.1, 0.15) is 16.4 Å². The second kappa shape index (κ2) is 12.2. The first kappa shape index (κ1) is 24.6. The molecule has 0 saturated carbocycles. The second-order valence-corrected chi connectivity index (χ2v) is 7.68. The van der Waals surface area contributed by atoms with Gasteiger partial charge in [-0.1, -0.05) is 74.6 Å². The van der Waals surface area contributed by atoms with E-state index in [1.54, 1.807) is 30.3 Å². The summed E-state index contributed by atoms with van der Waals surface area (Å²) in [5.41, 5.74) is 0.499. The summed E-state index contributed by atoms with van der Waals surface area (Å²) in [6.07, 6.45) is 7.14. The normalized spacial score (nSPS) is 11.0. The smallest absolute Gasteiger partial charge is 0.870 e. The number of ether oxygens (including phenoxy) is 1. The topological polar surface area (TPSA) is 86.7 Å². The number of aryl methyl sites for hydroxylation is 1. The maximum atomic E-state index is 12.7. The Hall–Kier alpha value is -0.414. The molecular formula is C20H25KO5S. The van der Waals surface area contributed by atoms with Crippen LogP contribution in [-0.4, -0.2) is 13.0 Å². The maximum absolute atomic E-state index is 12.7. The van der Waals surface area contributed by atoms with Gasteiger partial charge in [0.15, 0.2) is 0 Å². The third kappa shape index (κ3) is 7.85. The van der Waals surface area contributed by atoms with Gasteiger partial charge in [-0.2, -0.15) is 8.42 Å². The van der Waals surface area contributed by atoms with Crippen molar-refractivity contribution in [3.05, 3.63) is 48.0 Å². The summed E-state index contributed by atoms with van der Waals surface area (Å²) in [7, 11) is -4.55. The summed E-state index contributed by atoms with van der Waals surface area (Å²) in [5, 5.41) is 12.7. The van der Waals surface area contributed by atoms with E-state index in [1.165, 1.54) is 31.4 Å². The maximum Gasteiger partial charge on any atom is 1.00 e. The molecule has 2 aromatic rings. The van der Waals surface area contributed by atoms with Crippen molar-refractivity contribution in [1.29, 1.82) is 0 Å². The van der Waals surface area contributed by atoms with E-state index in [4.69, 9.17) is 4.74 Å². The van der Waals surface area contributed by atoms with Crippen molar-refractivity contribution in [2.75, 3.05) is 0 Å².